The molecule has 0 saturated carbocycles. The van der Waals surface area contributed by atoms with E-state index in [1.54, 1.807) is 0 Å². The molecule has 2 aromatic rings. The average molecular weight is 280 g/mol. The van der Waals surface area contributed by atoms with Crippen molar-refractivity contribution in [3.8, 4) is 0 Å². The molecule has 1 aliphatic rings. The second-order valence-corrected chi connectivity index (χ2v) is 6.61. The minimum Gasteiger partial charge on any atom is -0.329 e. The van der Waals surface area contributed by atoms with Crippen LogP contribution < -0.4 is 5.73 Å². The Bertz CT molecular complexity index is 604. The summed E-state index contributed by atoms with van der Waals surface area (Å²) in [4.78, 5) is 2.53. The number of hydrogen-bond acceptors (Lipinski definition) is 2. The summed E-state index contributed by atoms with van der Waals surface area (Å²) >= 11 is 0. The molecule has 1 unspecified atom stereocenters. The molecule has 1 aliphatic heterocycles. The van der Waals surface area contributed by atoms with E-state index < -0.39 is 0 Å². The molecule has 1 heterocycles. The van der Waals surface area contributed by atoms with Crippen molar-refractivity contribution in [2.24, 2.45) is 5.73 Å². The van der Waals surface area contributed by atoms with Crippen molar-refractivity contribution in [3.05, 3.63) is 71.3 Å². The van der Waals surface area contributed by atoms with Crippen molar-refractivity contribution in [1.29, 1.82) is 0 Å². The summed E-state index contributed by atoms with van der Waals surface area (Å²) in [5.74, 6) is 0. The van der Waals surface area contributed by atoms with Gasteiger partial charge in [0.2, 0.25) is 0 Å². The molecule has 0 spiro atoms. The van der Waals surface area contributed by atoms with Crippen LogP contribution in [0.25, 0.3) is 0 Å². The summed E-state index contributed by atoms with van der Waals surface area (Å²) < 4.78 is 0. The van der Waals surface area contributed by atoms with Gasteiger partial charge in [0.25, 0.3) is 0 Å². The zero-order chi connectivity index (χ0) is 14.9. The predicted molar refractivity (Wildman–Crippen MR) is 88.1 cm³/mol. The minimum absolute atomic E-state index is 0.122. The fourth-order valence-corrected chi connectivity index (χ4v) is 3.46. The first kappa shape index (κ1) is 14.3. The summed E-state index contributed by atoms with van der Waals surface area (Å²) in [6.07, 6.45) is 0. The van der Waals surface area contributed by atoms with Crippen LogP contribution in [0.4, 0.5) is 0 Å². The van der Waals surface area contributed by atoms with Crippen molar-refractivity contribution >= 4 is 0 Å². The molecule has 0 fully saturated rings. The highest BCUT2D eigenvalue weighted by atomic mass is 15.2. The lowest BCUT2D eigenvalue weighted by atomic mass is 9.84. The number of nitrogens with zero attached hydrogens (tertiary/aromatic N) is 1. The molecular weight excluding hydrogens is 256 g/mol. The molecule has 0 aliphatic carbocycles. The first-order valence-corrected chi connectivity index (χ1v) is 7.69. The van der Waals surface area contributed by atoms with Crippen LogP contribution in [0.2, 0.25) is 0 Å². The molecule has 2 N–H and O–H groups in total. The minimum atomic E-state index is 0.122. The van der Waals surface area contributed by atoms with Crippen LogP contribution in [0.1, 0.15) is 36.6 Å². The number of rotatable bonds is 4. The summed E-state index contributed by atoms with van der Waals surface area (Å²) in [5.41, 5.74) is 10.4. The van der Waals surface area contributed by atoms with Gasteiger partial charge in [-0.15, -0.1) is 0 Å². The summed E-state index contributed by atoms with van der Waals surface area (Å²) in [6, 6.07) is 19.8. The van der Waals surface area contributed by atoms with Gasteiger partial charge < -0.3 is 5.73 Å². The predicted octanol–water partition coefficient (Wildman–Crippen LogP) is 3.48. The van der Waals surface area contributed by atoms with Crippen LogP contribution in [-0.2, 0) is 12.0 Å². The molecule has 21 heavy (non-hydrogen) atoms. The molecule has 2 heteroatoms. The fourth-order valence-electron chi connectivity index (χ4n) is 3.46. The van der Waals surface area contributed by atoms with Crippen LogP contribution in [0.15, 0.2) is 54.6 Å². The molecule has 2 aromatic carbocycles. The van der Waals surface area contributed by atoms with Gasteiger partial charge in [-0.2, -0.15) is 0 Å². The van der Waals surface area contributed by atoms with E-state index in [2.05, 4.69) is 73.3 Å². The lowest BCUT2D eigenvalue weighted by Gasteiger charge is -2.34. The molecule has 0 radical (unpaired) electrons. The molecule has 2 nitrogen and oxygen atoms in total. The van der Waals surface area contributed by atoms with Crippen molar-refractivity contribution in [3.63, 3.8) is 0 Å². The normalized spacial score (nSPS) is 18.7. The van der Waals surface area contributed by atoms with Gasteiger partial charge in [-0.25, -0.2) is 0 Å². The van der Waals surface area contributed by atoms with Crippen LogP contribution in [-0.4, -0.2) is 18.0 Å². The third-order valence-electron chi connectivity index (χ3n) is 4.61. The van der Waals surface area contributed by atoms with Gasteiger partial charge in [0, 0.05) is 31.1 Å². The zero-order valence-electron chi connectivity index (χ0n) is 12.9. The van der Waals surface area contributed by atoms with Gasteiger partial charge in [-0.3, -0.25) is 4.90 Å². The monoisotopic (exact) mass is 280 g/mol. The number of hydrogen-bond donors (Lipinski definition) is 1. The van der Waals surface area contributed by atoms with Gasteiger partial charge in [-0.1, -0.05) is 68.4 Å². The van der Waals surface area contributed by atoms with Crippen LogP contribution >= 0.6 is 0 Å². The molecule has 110 valence electrons. The summed E-state index contributed by atoms with van der Waals surface area (Å²) in [7, 11) is 0. The summed E-state index contributed by atoms with van der Waals surface area (Å²) in [6.45, 7) is 7.35. The lowest BCUT2D eigenvalue weighted by molar-refractivity contribution is 0.179. The van der Waals surface area contributed by atoms with E-state index in [-0.39, 0.29) is 5.41 Å². The lowest BCUT2D eigenvalue weighted by Crippen LogP contribution is -2.38. The van der Waals surface area contributed by atoms with Crippen LogP contribution in [0.5, 0.6) is 0 Å². The second-order valence-electron chi connectivity index (χ2n) is 6.61. The van der Waals surface area contributed by atoms with Crippen LogP contribution in [0, 0.1) is 0 Å². The first-order chi connectivity index (χ1) is 10.1. The molecule has 0 amide bonds. The SMILES string of the molecule is CC(C)(CN1Cc2ccccc2C1CN)c1ccccc1. The Kier molecular flexibility index (Phi) is 3.83. The van der Waals surface area contributed by atoms with Gasteiger partial charge >= 0.3 is 0 Å². The molecule has 0 bridgehead atoms. The van der Waals surface area contributed by atoms with Gasteiger partial charge in [0.05, 0.1) is 0 Å². The fraction of sp³-hybridized carbons (Fsp3) is 0.368. The Morgan fingerprint density at radius 1 is 1.05 bits per heavy atom. The molecule has 3 rings (SSSR count). The van der Waals surface area contributed by atoms with Gasteiger partial charge in [0.15, 0.2) is 0 Å². The van der Waals surface area contributed by atoms with Crippen molar-refractivity contribution < 1.29 is 0 Å². The third-order valence-corrected chi connectivity index (χ3v) is 4.61. The Morgan fingerprint density at radius 2 is 1.71 bits per heavy atom. The first-order valence-electron chi connectivity index (χ1n) is 7.69. The van der Waals surface area contributed by atoms with E-state index in [1.165, 1.54) is 16.7 Å². The highest BCUT2D eigenvalue weighted by Gasteiger charge is 2.33. The van der Waals surface area contributed by atoms with Crippen LogP contribution in [0.3, 0.4) is 0 Å². The highest BCUT2D eigenvalue weighted by molar-refractivity contribution is 5.35. The molecule has 0 saturated heterocycles. The molecular formula is C19H24N2. The van der Waals surface area contributed by atoms with E-state index in [0.717, 1.165) is 13.1 Å². The van der Waals surface area contributed by atoms with E-state index in [4.69, 9.17) is 5.73 Å². The number of benzene rings is 2. The number of fused-ring (bicyclic) bond motifs is 1. The summed E-state index contributed by atoms with van der Waals surface area (Å²) in [5, 5.41) is 0. The Morgan fingerprint density at radius 3 is 2.43 bits per heavy atom. The standard InChI is InChI=1S/C19H24N2/c1-19(2,16-9-4-3-5-10-16)14-21-13-15-8-6-7-11-17(15)18(21)12-20/h3-11,18H,12-14,20H2,1-2H3. The van der Waals surface area contributed by atoms with E-state index in [0.29, 0.717) is 12.6 Å². The molecule has 1 atom stereocenters. The zero-order valence-corrected chi connectivity index (χ0v) is 12.9. The van der Waals surface area contributed by atoms with Crippen molar-refractivity contribution in [2.75, 3.05) is 13.1 Å². The quantitative estimate of drug-likeness (QED) is 0.929. The third kappa shape index (κ3) is 2.74. The highest BCUT2D eigenvalue weighted by Crippen LogP contribution is 2.36. The van der Waals surface area contributed by atoms with Gasteiger partial charge in [-0.05, 0) is 16.7 Å². The molecule has 0 aromatic heterocycles. The van der Waals surface area contributed by atoms with Gasteiger partial charge in [0.1, 0.15) is 0 Å². The Hall–Kier alpha value is -1.64. The van der Waals surface area contributed by atoms with E-state index in [1.807, 2.05) is 0 Å². The largest absolute Gasteiger partial charge is 0.329 e. The second kappa shape index (κ2) is 5.63. The van der Waals surface area contributed by atoms with Crippen molar-refractivity contribution in [1.82, 2.24) is 4.90 Å². The Labute approximate surface area is 127 Å². The van der Waals surface area contributed by atoms with E-state index in [9.17, 15) is 0 Å². The maximum absolute atomic E-state index is 6.05. The maximum atomic E-state index is 6.05. The smallest absolute Gasteiger partial charge is 0.0477 e. The van der Waals surface area contributed by atoms with Crippen molar-refractivity contribution in [2.45, 2.75) is 31.8 Å². The topological polar surface area (TPSA) is 29.3 Å². The average Bonchev–Trinajstić information content (AvgIpc) is 2.84. The van der Waals surface area contributed by atoms with E-state index >= 15 is 0 Å². The maximum Gasteiger partial charge on any atom is 0.0477 e. The Balaban J connectivity index is 1.83. The number of nitrogens with two attached hydrogens (primary N) is 1.